The first-order valence-electron chi connectivity index (χ1n) is 8.55. The molecule has 0 radical (unpaired) electrons. The number of rotatable bonds is 6. The molecule has 0 fully saturated rings. The van der Waals surface area contributed by atoms with Gasteiger partial charge in [-0.3, -0.25) is 0 Å². The van der Waals surface area contributed by atoms with Crippen LogP contribution in [0, 0.1) is 19.7 Å². The van der Waals surface area contributed by atoms with E-state index >= 15 is 0 Å². The largest absolute Gasteiger partial charge is 0.507 e. The summed E-state index contributed by atoms with van der Waals surface area (Å²) in [6, 6.07) is 10.5. The van der Waals surface area contributed by atoms with Gasteiger partial charge >= 0.3 is 0 Å². The topological polar surface area (TPSA) is 56.7 Å². The molecule has 0 atom stereocenters. The second kappa shape index (κ2) is 9.06. The van der Waals surface area contributed by atoms with E-state index in [1.807, 2.05) is 39.0 Å². The van der Waals surface area contributed by atoms with Crippen molar-refractivity contribution in [3.63, 3.8) is 0 Å². The van der Waals surface area contributed by atoms with Crippen LogP contribution in [0.25, 0.3) is 0 Å². The molecule has 0 unspecified atom stereocenters. The minimum atomic E-state index is -0.212. The highest BCUT2D eigenvalue weighted by atomic mass is 19.1. The predicted octanol–water partition coefficient (Wildman–Crippen LogP) is 3.45. The van der Waals surface area contributed by atoms with E-state index < -0.39 is 0 Å². The van der Waals surface area contributed by atoms with Crippen molar-refractivity contribution >= 4 is 5.96 Å². The standard InChI is InChI=1S/C20H26FN3O/c1-4-22-20(23-9-8-16-6-5-7-18(21)12-16)24-13-17-10-14(2)19(25)15(3)11-17/h5-7,10-12,25H,4,8-9,13H2,1-3H3,(H2,22,23,24). The molecule has 0 amide bonds. The van der Waals surface area contributed by atoms with Crippen molar-refractivity contribution in [3.05, 3.63) is 64.5 Å². The fourth-order valence-corrected chi connectivity index (χ4v) is 2.67. The monoisotopic (exact) mass is 343 g/mol. The third-order valence-corrected chi connectivity index (χ3v) is 3.91. The summed E-state index contributed by atoms with van der Waals surface area (Å²) in [5.41, 5.74) is 3.71. The van der Waals surface area contributed by atoms with Gasteiger partial charge in [0.2, 0.25) is 0 Å². The zero-order chi connectivity index (χ0) is 18.2. The van der Waals surface area contributed by atoms with Crippen molar-refractivity contribution in [2.75, 3.05) is 13.1 Å². The molecule has 0 aliphatic carbocycles. The maximum atomic E-state index is 13.2. The average Bonchev–Trinajstić information content (AvgIpc) is 2.57. The maximum Gasteiger partial charge on any atom is 0.191 e. The normalized spacial score (nSPS) is 11.4. The van der Waals surface area contributed by atoms with Crippen molar-refractivity contribution in [2.45, 2.75) is 33.7 Å². The summed E-state index contributed by atoms with van der Waals surface area (Å²) >= 11 is 0. The molecule has 0 saturated heterocycles. The Labute approximate surface area is 148 Å². The molecule has 0 aromatic heterocycles. The molecule has 2 aromatic rings. The van der Waals surface area contributed by atoms with Crippen LogP contribution in [-0.4, -0.2) is 24.2 Å². The van der Waals surface area contributed by atoms with Crippen LogP contribution in [0.4, 0.5) is 4.39 Å². The van der Waals surface area contributed by atoms with Crippen LogP contribution < -0.4 is 10.6 Å². The van der Waals surface area contributed by atoms with Gasteiger partial charge in [-0.15, -0.1) is 0 Å². The van der Waals surface area contributed by atoms with Gasteiger partial charge in [-0.05, 0) is 61.6 Å². The van der Waals surface area contributed by atoms with Gasteiger partial charge in [0.05, 0.1) is 6.54 Å². The van der Waals surface area contributed by atoms with E-state index in [9.17, 15) is 9.50 Å². The Kier molecular flexibility index (Phi) is 6.81. The molecular formula is C20H26FN3O. The number of halogens is 1. The Morgan fingerprint density at radius 3 is 2.44 bits per heavy atom. The van der Waals surface area contributed by atoms with Crippen LogP contribution in [0.3, 0.4) is 0 Å². The van der Waals surface area contributed by atoms with Crippen LogP contribution in [0.2, 0.25) is 0 Å². The van der Waals surface area contributed by atoms with Crippen molar-refractivity contribution in [1.82, 2.24) is 10.6 Å². The highest BCUT2D eigenvalue weighted by Gasteiger charge is 2.04. The second-order valence-electron chi connectivity index (χ2n) is 6.08. The molecule has 0 aliphatic heterocycles. The number of aliphatic imine (C=N–C) groups is 1. The third kappa shape index (κ3) is 5.78. The van der Waals surface area contributed by atoms with E-state index in [4.69, 9.17) is 0 Å². The van der Waals surface area contributed by atoms with Crippen LogP contribution in [0.15, 0.2) is 41.4 Å². The molecular weight excluding hydrogens is 317 g/mol. The Bertz CT molecular complexity index is 720. The molecule has 2 rings (SSSR count). The molecule has 0 saturated carbocycles. The number of guanidine groups is 1. The van der Waals surface area contributed by atoms with Gasteiger partial charge in [0.15, 0.2) is 5.96 Å². The second-order valence-corrected chi connectivity index (χ2v) is 6.08. The summed E-state index contributed by atoms with van der Waals surface area (Å²) in [4.78, 5) is 4.58. The van der Waals surface area contributed by atoms with Gasteiger partial charge in [-0.25, -0.2) is 9.38 Å². The van der Waals surface area contributed by atoms with Gasteiger partial charge < -0.3 is 15.7 Å². The van der Waals surface area contributed by atoms with E-state index in [1.165, 1.54) is 6.07 Å². The highest BCUT2D eigenvalue weighted by Crippen LogP contribution is 2.23. The van der Waals surface area contributed by atoms with Crippen LogP contribution in [0.5, 0.6) is 5.75 Å². The summed E-state index contributed by atoms with van der Waals surface area (Å²) in [7, 11) is 0. The van der Waals surface area contributed by atoms with E-state index in [-0.39, 0.29) is 5.82 Å². The van der Waals surface area contributed by atoms with Gasteiger partial charge in [0.25, 0.3) is 0 Å². The Hall–Kier alpha value is -2.56. The molecule has 3 N–H and O–H groups in total. The van der Waals surface area contributed by atoms with Crippen LogP contribution in [0.1, 0.15) is 29.2 Å². The highest BCUT2D eigenvalue weighted by molar-refractivity contribution is 5.79. The first-order valence-corrected chi connectivity index (χ1v) is 8.55. The number of phenols is 1. The maximum absolute atomic E-state index is 13.2. The fourth-order valence-electron chi connectivity index (χ4n) is 2.67. The lowest BCUT2D eigenvalue weighted by Crippen LogP contribution is -2.38. The lowest BCUT2D eigenvalue weighted by atomic mass is 10.1. The van der Waals surface area contributed by atoms with Gasteiger partial charge in [0.1, 0.15) is 11.6 Å². The van der Waals surface area contributed by atoms with E-state index in [0.29, 0.717) is 18.8 Å². The lowest BCUT2D eigenvalue weighted by molar-refractivity contribution is 0.466. The molecule has 0 spiro atoms. The van der Waals surface area contributed by atoms with Crippen molar-refractivity contribution in [1.29, 1.82) is 0 Å². The number of aryl methyl sites for hydroxylation is 2. The summed E-state index contributed by atoms with van der Waals surface area (Å²) in [6.07, 6.45) is 0.722. The summed E-state index contributed by atoms with van der Waals surface area (Å²) < 4.78 is 13.2. The van der Waals surface area contributed by atoms with Gasteiger partial charge in [-0.2, -0.15) is 0 Å². The molecule has 0 heterocycles. The molecule has 134 valence electrons. The van der Waals surface area contributed by atoms with Crippen molar-refractivity contribution in [2.24, 2.45) is 4.99 Å². The predicted molar refractivity (Wildman–Crippen MR) is 101 cm³/mol. The Morgan fingerprint density at radius 2 is 1.80 bits per heavy atom. The summed E-state index contributed by atoms with van der Waals surface area (Å²) in [5, 5.41) is 16.3. The van der Waals surface area contributed by atoms with Crippen molar-refractivity contribution < 1.29 is 9.50 Å². The number of phenolic OH excluding ortho intramolecular Hbond substituents is 1. The zero-order valence-corrected chi connectivity index (χ0v) is 15.1. The van der Waals surface area contributed by atoms with E-state index in [2.05, 4.69) is 15.6 Å². The summed E-state index contributed by atoms with van der Waals surface area (Å²) in [6.45, 7) is 7.74. The van der Waals surface area contributed by atoms with E-state index in [1.54, 1.807) is 12.1 Å². The summed E-state index contributed by atoms with van der Waals surface area (Å²) in [5.74, 6) is 0.853. The quantitative estimate of drug-likeness (QED) is 0.556. The number of aromatic hydroxyl groups is 1. The molecule has 0 bridgehead atoms. The average molecular weight is 343 g/mol. The first-order chi connectivity index (χ1) is 12.0. The van der Waals surface area contributed by atoms with Gasteiger partial charge in [-0.1, -0.05) is 24.3 Å². The number of hydrogen-bond acceptors (Lipinski definition) is 2. The Morgan fingerprint density at radius 1 is 1.08 bits per heavy atom. The number of nitrogens with zero attached hydrogens (tertiary/aromatic N) is 1. The molecule has 2 aromatic carbocycles. The van der Waals surface area contributed by atoms with Crippen LogP contribution >= 0.6 is 0 Å². The lowest BCUT2D eigenvalue weighted by Gasteiger charge is -2.12. The Balaban J connectivity index is 1.96. The van der Waals surface area contributed by atoms with Crippen molar-refractivity contribution in [3.8, 4) is 5.75 Å². The smallest absolute Gasteiger partial charge is 0.191 e. The molecule has 0 aliphatic rings. The number of hydrogen-bond donors (Lipinski definition) is 3. The minimum Gasteiger partial charge on any atom is -0.507 e. The first kappa shape index (κ1) is 18.8. The minimum absolute atomic E-state index is 0.212. The van der Waals surface area contributed by atoms with Crippen LogP contribution in [-0.2, 0) is 13.0 Å². The van der Waals surface area contributed by atoms with E-state index in [0.717, 1.165) is 41.2 Å². The molecule has 4 nitrogen and oxygen atoms in total. The van der Waals surface area contributed by atoms with Gasteiger partial charge in [0, 0.05) is 13.1 Å². The molecule has 5 heteroatoms. The number of nitrogens with one attached hydrogen (secondary N) is 2. The molecule has 25 heavy (non-hydrogen) atoms. The third-order valence-electron chi connectivity index (χ3n) is 3.91. The fraction of sp³-hybridized carbons (Fsp3) is 0.350. The SMILES string of the molecule is CCNC(=NCc1cc(C)c(O)c(C)c1)NCCc1cccc(F)c1. The number of benzene rings is 2. The zero-order valence-electron chi connectivity index (χ0n) is 15.1.